The maximum Gasteiger partial charge on any atom is 0.287 e. The molecule has 0 fully saturated rings. The second kappa shape index (κ2) is 7.55. The van der Waals surface area contributed by atoms with Gasteiger partial charge < -0.3 is 0 Å². The van der Waals surface area contributed by atoms with Crippen molar-refractivity contribution in [3.8, 4) is 0 Å². The topological polar surface area (TPSA) is 67.6 Å². The molecule has 27 heavy (non-hydrogen) atoms. The van der Waals surface area contributed by atoms with E-state index in [1.807, 2.05) is 35.0 Å². The Bertz CT molecular complexity index is 1060. The average molecular weight is 439 g/mol. The van der Waals surface area contributed by atoms with Crippen LogP contribution in [0.2, 0.25) is 10.0 Å². The van der Waals surface area contributed by atoms with Crippen LogP contribution < -0.4 is 5.56 Å². The second-order valence-electron chi connectivity index (χ2n) is 5.77. The van der Waals surface area contributed by atoms with Crippen molar-refractivity contribution in [1.29, 1.82) is 0 Å². The molecule has 1 amide bonds. The lowest BCUT2D eigenvalue weighted by molar-refractivity contribution is -0.133. The summed E-state index contributed by atoms with van der Waals surface area (Å²) in [6.07, 6.45) is 1.87. The van der Waals surface area contributed by atoms with Gasteiger partial charge in [0, 0.05) is 11.3 Å². The highest BCUT2D eigenvalue weighted by Crippen LogP contribution is 2.36. The summed E-state index contributed by atoms with van der Waals surface area (Å²) in [7, 11) is 0. The molecule has 3 aromatic heterocycles. The number of carbonyl (C=O) groups is 1. The normalized spacial score (nSPS) is 16.6. The van der Waals surface area contributed by atoms with Crippen LogP contribution in [0.3, 0.4) is 0 Å². The van der Waals surface area contributed by atoms with Gasteiger partial charge in [0.25, 0.3) is 11.5 Å². The zero-order valence-electron chi connectivity index (χ0n) is 13.7. The number of aromatic nitrogens is 2. The molecular formula is C17H12Cl2N4O2S2. The summed E-state index contributed by atoms with van der Waals surface area (Å²) in [4.78, 5) is 27.2. The van der Waals surface area contributed by atoms with Gasteiger partial charge in [-0.1, -0.05) is 35.3 Å². The highest BCUT2D eigenvalue weighted by Gasteiger charge is 2.34. The van der Waals surface area contributed by atoms with E-state index in [4.69, 9.17) is 23.2 Å². The SMILES string of the molecule is O=C(Cn1ncc(Cl)c(Cl)c1=O)N1N=C(c2cccs2)CC1c1cccs1. The first-order valence-electron chi connectivity index (χ1n) is 7.92. The molecule has 0 aliphatic carbocycles. The fraction of sp³-hybridized carbons (Fsp3) is 0.176. The lowest BCUT2D eigenvalue weighted by Crippen LogP contribution is -2.35. The van der Waals surface area contributed by atoms with Crippen molar-refractivity contribution in [2.24, 2.45) is 5.10 Å². The summed E-state index contributed by atoms with van der Waals surface area (Å²) in [6, 6.07) is 7.65. The first-order valence-corrected chi connectivity index (χ1v) is 10.4. The van der Waals surface area contributed by atoms with E-state index < -0.39 is 5.56 Å². The fourth-order valence-corrected chi connectivity index (χ4v) is 4.60. The fourth-order valence-electron chi connectivity index (χ4n) is 2.79. The summed E-state index contributed by atoms with van der Waals surface area (Å²) in [5, 5.41) is 13.7. The molecule has 0 saturated carbocycles. The number of halogens is 2. The third-order valence-corrected chi connectivity index (χ3v) is 6.71. The third kappa shape index (κ3) is 3.58. The van der Waals surface area contributed by atoms with Crippen LogP contribution in [0.4, 0.5) is 0 Å². The minimum Gasteiger partial charge on any atom is -0.271 e. The second-order valence-corrected chi connectivity index (χ2v) is 8.48. The highest BCUT2D eigenvalue weighted by atomic mass is 35.5. The molecule has 0 N–H and O–H groups in total. The van der Waals surface area contributed by atoms with Gasteiger partial charge in [-0.3, -0.25) is 9.59 Å². The Hall–Kier alpha value is -2.00. The van der Waals surface area contributed by atoms with Crippen LogP contribution in [-0.4, -0.2) is 26.4 Å². The zero-order valence-corrected chi connectivity index (χ0v) is 16.9. The van der Waals surface area contributed by atoms with Gasteiger partial charge in [0.1, 0.15) is 11.6 Å². The van der Waals surface area contributed by atoms with Crippen molar-refractivity contribution in [2.75, 3.05) is 0 Å². The highest BCUT2D eigenvalue weighted by molar-refractivity contribution is 7.12. The number of hydrogen-bond acceptors (Lipinski definition) is 6. The molecule has 1 aliphatic rings. The van der Waals surface area contributed by atoms with Gasteiger partial charge in [0.2, 0.25) is 0 Å². The molecule has 3 aromatic rings. The van der Waals surface area contributed by atoms with Gasteiger partial charge in [-0.25, -0.2) is 9.69 Å². The van der Waals surface area contributed by atoms with Gasteiger partial charge in [-0.05, 0) is 22.9 Å². The molecular weight excluding hydrogens is 427 g/mol. The van der Waals surface area contributed by atoms with E-state index in [1.54, 1.807) is 22.7 Å². The van der Waals surface area contributed by atoms with E-state index in [2.05, 4.69) is 10.2 Å². The predicted molar refractivity (Wildman–Crippen MR) is 108 cm³/mol. The Kier molecular flexibility index (Phi) is 5.14. The molecule has 1 aliphatic heterocycles. The van der Waals surface area contributed by atoms with E-state index in [0.717, 1.165) is 20.1 Å². The summed E-state index contributed by atoms with van der Waals surface area (Å²) in [5.41, 5.74) is 0.248. The van der Waals surface area contributed by atoms with Crippen LogP contribution >= 0.6 is 45.9 Å². The van der Waals surface area contributed by atoms with Crippen LogP contribution in [0.25, 0.3) is 0 Å². The molecule has 4 heterocycles. The maximum atomic E-state index is 12.9. The summed E-state index contributed by atoms with van der Waals surface area (Å²) in [6.45, 7) is -0.265. The third-order valence-electron chi connectivity index (χ3n) is 4.07. The van der Waals surface area contributed by atoms with Crippen LogP contribution in [-0.2, 0) is 11.3 Å². The van der Waals surface area contributed by atoms with Gasteiger partial charge in [0.05, 0.1) is 27.9 Å². The molecule has 1 unspecified atom stereocenters. The Morgan fingerprint density at radius 2 is 2.00 bits per heavy atom. The number of hydrogen-bond donors (Lipinski definition) is 0. The van der Waals surface area contributed by atoms with Crippen LogP contribution in [0.5, 0.6) is 0 Å². The molecule has 0 spiro atoms. The number of nitrogens with zero attached hydrogens (tertiary/aromatic N) is 4. The lowest BCUT2D eigenvalue weighted by atomic mass is 10.1. The number of carbonyl (C=O) groups excluding carboxylic acids is 1. The van der Waals surface area contributed by atoms with Gasteiger partial charge in [-0.15, -0.1) is 22.7 Å². The minimum atomic E-state index is -0.605. The molecule has 0 bridgehead atoms. The molecule has 138 valence electrons. The van der Waals surface area contributed by atoms with Gasteiger partial charge in [0.15, 0.2) is 0 Å². The number of thiophene rings is 2. The number of rotatable bonds is 4. The first kappa shape index (κ1) is 18.4. The van der Waals surface area contributed by atoms with Gasteiger partial charge >= 0.3 is 0 Å². The van der Waals surface area contributed by atoms with E-state index in [0.29, 0.717) is 6.42 Å². The van der Waals surface area contributed by atoms with E-state index in [1.165, 1.54) is 11.2 Å². The van der Waals surface area contributed by atoms with Crippen LogP contribution in [0.1, 0.15) is 22.2 Å². The Morgan fingerprint density at radius 3 is 2.70 bits per heavy atom. The van der Waals surface area contributed by atoms with Crippen molar-refractivity contribution in [3.05, 3.63) is 71.4 Å². The summed E-state index contributed by atoms with van der Waals surface area (Å²) < 4.78 is 1.00. The zero-order chi connectivity index (χ0) is 19.0. The molecule has 1 atom stereocenters. The van der Waals surface area contributed by atoms with Gasteiger partial charge in [-0.2, -0.15) is 10.2 Å². The molecule has 6 nitrogen and oxygen atoms in total. The Labute approximate surface area is 172 Å². The molecule has 0 saturated heterocycles. The van der Waals surface area contributed by atoms with Crippen molar-refractivity contribution < 1.29 is 4.79 Å². The minimum absolute atomic E-state index is 0.0565. The Morgan fingerprint density at radius 1 is 1.22 bits per heavy atom. The lowest BCUT2D eigenvalue weighted by Gasteiger charge is -2.20. The smallest absolute Gasteiger partial charge is 0.271 e. The van der Waals surface area contributed by atoms with Crippen molar-refractivity contribution in [2.45, 2.75) is 19.0 Å². The first-order chi connectivity index (χ1) is 13.0. The average Bonchev–Trinajstić information content (AvgIpc) is 3.40. The Balaban J connectivity index is 1.65. The number of hydrazone groups is 1. The quantitative estimate of drug-likeness (QED) is 0.616. The molecule has 10 heteroatoms. The van der Waals surface area contributed by atoms with Crippen molar-refractivity contribution in [1.82, 2.24) is 14.8 Å². The van der Waals surface area contributed by atoms with E-state index in [-0.39, 0.29) is 28.5 Å². The van der Waals surface area contributed by atoms with Crippen LogP contribution in [0, 0.1) is 0 Å². The van der Waals surface area contributed by atoms with Crippen LogP contribution in [0.15, 0.2) is 51.1 Å². The monoisotopic (exact) mass is 438 g/mol. The van der Waals surface area contributed by atoms with E-state index >= 15 is 0 Å². The summed E-state index contributed by atoms with van der Waals surface area (Å²) >= 11 is 14.8. The molecule has 0 aromatic carbocycles. The maximum absolute atomic E-state index is 12.9. The predicted octanol–water partition coefficient (Wildman–Crippen LogP) is 4.05. The largest absolute Gasteiger partial charge is 0.287 e. The van der Waals surface area contributed by atoms with Crippen molar-refractivity contribution >= 4 is 57.5 Å². The standard InChI is InChI=1S/C17H12Cl2N4O2S2/c18-10-8-20-22(17(25)16(10)19)9-15(24)23-12(14-4-2-6-27-14)7-11(21-23)13-3-1-5-26-13/h1-6,8,12H,7,9H2. The van der Waals surface area contributed by atoms with E-state index in [9.17, 15) is 9.59 Å². The number of amides is 1. The molecule has 0 radical (unpaired) electrons. The summed E-state index contributed by atoms with van der Waals surface area (Å²) in [5.74, 6) is -0.340. The van der Waals surface area contributed by atoms with Crippen molar-refractivity contribution in [3.63, 3.8) is 0 Å². The molecule has 4 rings (SSSR count).